The summed E-state index contributed by atoms with van der Waals surface area (Å²) in [6.07, 6.45) is 2.30. The number of nitrogens with one attached hydrogen (secondary N) is 1. The van der Waals surface area contributed by atoms with E-state index < -0.39 is 18.1 Å². The van der Waals surface area contributed by atoms with Gasteiger partial charge in [-0.05, 0) is 67.6 Å². The van der Waals surface area contributed by atoms with Crippen molar-refractivity contribution in [2.24, 2.45) is 11.7 Å². The van der Waals surface area contributed by atoms with E-state index in [-0.39, 0.29) is 24.0 Å². The summed E-state index contributed by atoms with van der Waals surface area (Å²) in [7, 11) is 0. The van der Waals surface area contributed by atoms with Crippen LogP contribution in [0.2, 0.25) is 0 Å². The average molecular weight is 439 g/mol. The Labute approximate surface area is 188 Å². The number of ether oxygens (including phenoxy) is 1. The number of hydrogen-bond acceptors (Lipinski definition) is 5. The number of rotatable bonds is 9. The summed E-state index contributed by atoms with van der Waals surface area (Å²) in [5.41, 5.74) is 9.43. The Kier molecular flexibility index (Phi) is 7.64. The van der Waals surface area contributed by atoms with Crippen LogP contribution in [0.15, 0.2) is 42.5 Å². The lowest BCUT2D eigenvalue weighted by Crippen LogP contribution is -2.51. The van der Waals surface area contributed by atoms with Crippen LogP contribution in [0.3, 0.4) is 0 Å². The Bertz CT molecular complexity index is 960. The number of carboxylic acids is 1. The minimum absolute atomic E-state index is 0.147. The van der Waals surface area contributed by atoms with Crippen molar-refractivity contribution in [2.45, 2.75) is 58.1 Å². The molecule has 1 amide bonds. The molecule has 1 saturated carbocycles. The molecule has 0 spiro atoms. The fourth-order valence-corrected chi connectivity index (χ4v) is 4.15. The highest BCUT2D eigenvalue weighted by atomic mass is 16.5. The number of aliphatic carboxylic acids is 1. The Balaban J connectivity index is 1.64. The Morgan fingerprint density at radius 3 is 2.22 bits per heavy atom. The SMILES string of the molecule is Cc1cc(C)cc(NC(=O)Cc2ccc(OC(C(=O)C3CCCC3)[C@H](N)C(=O)O)cc2)c1. The van der Waals surface area contributed by atoms with Crippen molar-refractivity contribution in [3.63, 3.8) is 0 Å². The van der Waals surface area contributed by atoms with Crippen molar-refractivity contribution in [1.82, 2.24) is 0 Å². The molecule has 1 aliphatic carbocycles. The van der Waals surface area contributed by atoms with Crippen molar-refractivity contribution in [1.29, 1.82) is 0 Å². The molecule has 32 heavy (non-hydrogen) atoms. The molecule has 4 N–H and O–H groups in total. The van der Waals surface area contributed by atoms with E-state index in [9.17, 15) is 19.5 Å². The number of benzene rings is 2. The van der Waals surface area contributed by atoms with E-state index in [4.69, 9.17) is 10.5 Å². The quantitative estimate of drug-likeness (QED) is 0.552. The molecule has 1 fully saturated rings. The van der Waals surface area contributed by atoms with Gasteiger partial charge in [0.15, 0.2) is 11.9 Å². The molecule has 3 rings (SSSR count). The lowest BCUT2D eigenvalue weighted by atomic mass is 9.94. The predicted molar refractivity (Wildman–Crippen MR) is 122 cm³/mol. The Morgan fingerprint density at radius 1 is 1.06 bits per heavy atom. The van der Waals surface area contributed by atoms with Crippen LogP contribution in [-0.2, 0) is 20.8 Å². The second kappa shape index (κ2) is 10.4. The Hall–Kier alpha value is -3.19. The number of carboxylic acid groups (broad SMARTS) is 1. The molecule has 7 nitrogen and oxygen atoms in total. The summed E-state index contributed by atoms with van der Waals surface area (Å²) >= 11 is 0. The molecule has 2 atom stereocenters. The average Bonchev–Trinajstić information content (AvgIpc) is 3.26. The van der Waals surface area contributed by atoms with Crippen LogP contribution in [0, 0.1) is 19.8 Å². The van der Waals surface area contributed by atoms with E-state index in [1.165, 1.54) is 0 Å². The van der Waals surface area contributed by atoms with Gasteiger partial charge >= 0.3 is 5.97 Å². The number of anilines is 1. The highest BCUT2D eigenvalue weighted by Gasteiger charge is 2.37. The van der Waals surface area contributed by atoms with E-state index in [1.807, 2.05) is 32.0 Å². The van der Waals surface area contributed by atoms with Gasteiger partial charge in [-0.3, -0.25) is 14.4 Å². The lowest BCUT2D eigenvalue weighted by Gasteiger charge is -2.24. The van der Waals surface area contributed by atoms with Gasteiger partial charge in [0.05, 0.1) is 6.42 Å². The number of ketones is 1. The third-order valence-corrected chi connectivity index (χ3v) is 5.71. The molecule has 0 aliphatic heterocycles. The zero-order chi connectivity index (χ0) is 23.3. The molecule has 0 radical (unpaired) electrons. The summed E-state index contributed by atoms with van der Waals surface area (Å²) in [6.45, 7) is 3.95. The molecule has 0 bridgehead atoms. The van der Waals surface area contributed by atoms with E-state index in [2.05, 4.69) is 5.32 Å². The molecule has 0 aromatic heterocycles. The summed E-state index contributed by atoms with van der Waals surface area (Å²) < 4.78 is 5.74. The largest absolute Gasteiger partial charge is 0.480 e. The summed E-state index contributed by atoms with van der Waals surface area (Å²) in [4.78, 5) is 36.6. The van der Waals surface area contributed by atoms with Crippen molar-refractivity contribution in [3.05, 3.63) is 59.2 Å². The van der Waals surface area contributed by atoms with Crippen molar-refractivity contribution in [2.75, 3.05) is 5.32 Å². The molecular formula is C25H30N2O5. The summed E-state index contributed by atoms with van der Waals surface area (Å²) in [6, 6.07) is 11.1. The van der Waals surface area contributed by atoms with Gasteiger partial charge in [0.25, 0.3) is 0 Å². The maximum absolute atomic E-state index is 12.8. The summed E-state index contributed by atoms with van der Waals surface area (Å²) in [5.74, 6) is -1.55. The highest BCUT2D eigenvalue weighted by Crippen LogP contribution is 2.28. The number of Topliss-reactive ketones (excluding diaryl/α,β-unsaturated/α-hetero) is 1. The number of aryl methyl sites for hydroxylation is 2. The zero-order valence-electron chi connectivity index (χ0n) is 18.5. The first-order valence-electron chi connectivity index (χ1n) is 10.9. The minimum Gasteiger partial charge on any atom is -0.480 e. The third kappa shape index (κ3) is 6.17. The van der Waals surface area contributed by atoms with Gasteiger partial charge in [-0.25, -0.2) is 0 Å². The molecule has 170 valence electrons. The maximum atomic E-state index is 12.8. The van der Waals surface area contributed by atoms with Crippen LogP contribution >= 0.6 is 0 Å². The molecule has 0 saturated heterocycles. The van der Waals surface area contributed by atoms with Crippen LogP contribution in [-0.4, -0.2) is 34.9 Å². The van der Waals surface area contributed by atoms with Crippen molar-refractivity contribution >= 4 is 23.3 Å². The lowest BCUT2D eigenvalue weighted by molar-refractivity contribution is -0.145. The smallest absolute Gasteiger partial charge is 0.324 e. The predicted octanol–water partition coefficient (Wildman–Crippen LogP) is 3.40. The Morgan fingerprint density at radius 2 is 1.66 bits per heavy atom. The fraction of sp³-hybridized carbons (Fsp3) is 0.400. The normalized spacial score (nSPS) is 15.7. The van der Waals surface area contributed by atoms with Crippen LogP contribution in [0.5, 0.6) is 5.75 Å². The van der Waals surface area contributed by atoms with Crippen LogP contribution in [0.1, 0.15) is 42.4 Å². The van der Waals surface area contributed by atoms with E-state index >= 15 is 0 Å². The minimum atomic E-state index is -1.44. The molecule has 2 aromatic carbocycles. The van der Waals surface area contributed by atoms with Crippen molar-refractivity contribution in [3.8, 4) is 5.75 Å². The standard InChI is InChI=1S/C25H30N2O5/c1-15-11-16(2)13-19(12-15)27-21(28)14-17-7-9-20(10-8-17)32-24(22(26)25(30)31)23(29)18-5-3-4-6-18/h7-13,18,22,24H,3-6,14,26H2,1-2H3,(H,27,28)(H,30,31)/t22-,24?/m0/s1. The molecule has 7 heteroatoms. The number of amides is 1. The first-order chi connectivity index (χ1) is 15.2. The first kappa shape index (κ1) is 23.5. The van der Waals surface area contributed by atoms with Crippen LogP contribution < -0.4 is 15.8 Å². The monoisotopic (exact) mass is 438 g/mol. The van der Waals surface area contributed by atoms with E-state index in [0.717, 1.165) is 48.1 Å². The molecule has 1 aliphatic rings. The second-order valence-corrected chi connectivity index (χ2v) is 8.53. The third-order valence-electron chi connectivity index (χ3n) is 5.71. The molecule has 0 heterocycles. The van der Waals surface area contributed by atoms with Gasteiger partial charge in [0, 0.05) is 11.6 Å². The molecular weight excluding hydrogens is 408 g/mol. The number of carbonyl (C=O) groups excluding carboxylic acids is 2. The number of hydrogen-bond donors (Lipinski definition) is 3. The molecule has 1 unspecified atom stereocenters. The molecule has 2 aromatic rings. The highest BCUT2D eigenvalue weighted by molar-refractivity contribution is 5.93. The fourth-order valence-electron chi connectivity index (χ4n) is 4.15. The number of carbonyl (C=O) groups is 3. The van der Waals surface area contributed by atoms with Crippen LogP contribution in [0.4, 0.5) is 5.69 Å². The number of nitrogens with two attached hydrogens (primary N) is 1. The first-order valence-corrected chi connectivity index (χ1v) is 10.9. The van der Waals surface area contributed by atoms with E-state index in [1.54, 1.807) is 24.3 Å². The van der Waals surface area contributed by atoms with Gasteiger partial charge < -0.3 is 20.9 Å². The van der Waals surface area contributed by atoms with E-state index in [0.29, 0.717) is 5.75 Å². The maximum Gasteiger partial charge on any atom is 0.324 e. The topological polar surface area (TPSA) is 119 Å². The van der Waals surface area contributed by atoms with Gasteiger partial charge in [-0.1, -0.05) is 31.0 Å². The second-order valence-electron chi connectivity index (χ2n) is 8.53. The zero-order valence-corrected chi connectivity index (χ0v) is 18.5. The van der Waals surface area contributed by atoms with Gasteiger partial charge in [0.2, 0.25) is 5.91 Å². The van der Waals surface area contributed by atoms with Crippen molar-refractivity contribution < 1.29 is 24.2 Å². The summed E-state index contributed by atoms with van der Waals surface area (Å²) in [5, 5.41) is 12.2. The van der Waals surface area contributed by atoms with Crippen LogP contribution in [0.25, 0.3) is 0 Å². The van der Waals surface area contributed by atoms with Gasteiger partial charge in [0.1, 0.15) is 11.8 Å². The van der Waals surface area contributed by atoms with Gasteiger partial charge in [-0.2, -0.15) is 0 Å². The van der Waals surface area contributed by atoms with Gasteiger partial charge in [-0.15, -0.1) is 0 Å².